The molecule has 1 rings (SSSR count). The van der Waals surface area contributed by atoms with Gasteiger partial charge in [0, 0.05) is 11.6 Å². The Balaban J connectivity index is 3.05. The highest BCUT2D eigenvalue weighted by atomic mass is 16.6. The number of nitrogens with zero attached hydrogens (tertiary/aromatic N) is 1. The Bertz CT molecular complexity index is 458. The summed E-state index contributed by atoms with van der Waals surface area (Å²) in [5.41, 5.74) is 0.262. The summed E-state index contributed by atoms with van der Waals surface area (Å²) in [5.74, 6) is -1.56. The van der Waals surface area contributed by atoms with Gasteiger partial charge in [-0.05, 0) is 24.6 Å². The molecule has 0 aromatic heterocycles. The molecule has 3 N–H and O–H groups in total. The fraction of sp³-hybridized carbons (Fsp3) is 0.300. The van der Waals surface area contributed by atoms with E-state index in [0.717, 1.165) is 6.07 Å². The van der Waals surface area contributed by atoms with E-state index in [1.54, 1.807) is 0 Å². The lowest BCUT2D eigenvalue weighted by Crippen LogP contribution is -2.27. The first-order valence-electron chi connectivity index (χ1n) is 4.68. The van der Waals surface area contributed by atoms with E-state index in [9.17, 15) is 20.0 Å². The fourth-order valence-corrected chi connectivity index (χ4v) is 1.38. The number of hydrogen-bond donors (Lipinski definition) is 3. The standard InChI is InChI=1S/C10H11NO6/c1-5-4-6(2-3-7(5)11(16)17)8(12)9(13)10(14)15/h2-4,8-9,12-13H,1H3,(H,14,15). The van der Waals surface area contributed by atoms with Crippen molar-refractivity contribution >= 4 is 11.7 Å². The van der Waals surface area contributed by atoms with Crippen molar-refractivity contribution in [3.63, 3.8) is 0 Å². The van der Waals surface area contributed by atoms with E-state index in [2.05, 4.69) is 0 Å². The van der Waals surface area contributed by atoms with Crippen LogP contribution in [0.25, 0.3) is 0 Å². The van der Waals surface area contributed by atoms with E-state index in [0.29, 0.717) is 0 Å². The predicted molar refractivity (Wildman–Crippen MR) is 56.4 cm³/mol. The summed E-state index contributed by atoms with van der Waals surface area (Å²) < 4.78 is 0. The van der Waals surface area contributed by atoms with Crippen LogP contribution in [0, 0.1) is 17.0 Å². The van der Waals surface area contributed by atoms with Gasteiger partial charge in [0.2, 0.25) is 0 Å². The van der Waals surface area contributed by atoms with Gasteiger partial charge in [0.05, 0.1) is 4.92 Å². The summed E-state index contributed by atoms with van der Waals surface area (Å²) in [4.78, 5) is 20.4. The molecule has 0 bridgehead atoms. The van der Waals surface area contributed by atoms with E-state index in [1.165, 1.54) is 19.1 Å². The summed E-state index contributed by atoms with van der Waals surface area (Å²) in [6, 6.07) is 3.64. The minimum Gasteiger partial charge on any atom is -0.479 e. The number of aliphatic hydroxyl groups is 2. The maximum Gasteiger partial charge on any atom is 0.335 e. The molecule has 0 saturated carbocycles. The van der Waals surface area contributed by atoms with Crippen molar-refractivity contribution in [3.8, 4) is 0 Å². The number of aliphatic hydroxyl groups excluding tert-OH is 2. The Hall–Kier alpha value is -1.99. The van der Waals surface area contributed by atoms with E-state index >= 15 is 0 Å². The first-order valence-corrected chi connectivity index (χ1v) is 4.68. The van der Waals surface area contributed by atoms with Crippen molar-refractivity contribution in [1.29, 1.82) is 0 Å². The highest BCUT2D eigenvalue weighted by Gasteiger charge is 2.26. The van der Waals surface area contributed by atoms with Crippen molar-refractivity contribution in [2.75, 3.05) is 0 Å². The number of carboxylic acids is 1. The molecule has 0 spiro atoms. The van der Waals surface area contributed by atoms with Crippen LogP contribution in [0.3, 0.4) is 0 Å². The maximum absolute atomic E-state index is 10.5. The minimum atomic E-state index is -1.96. The third-order valence-electron chi connectivity index (χ3n) is 2.31. The molecule has 0 saturated heterocycles. The quantitative estimate of drug-likeness (QED) is 0.517. The molecule has 0 radical (unpaired) electrons. The second kappa shape index (κ2) is 4.89. The summed E-state index contributed by atoms with van der Waals surface area (Å²) in [6.45, 7) is 1.46. The van der Waals surface area contributed by atoms with Crippen LogP contribution in [-0.2, 0) is 4.79 Å². The molecule has 0 aliphatic rings. The van der Waals surface area contributed by atoms with Gasteiger partial charge in [-0.15, -0.1) is 0 Å². The van der Waals surface area contributed by atoms with Crippen molar-refractivity contribution in [1.82, 2.24) is 0 Å². The topological polar surface area (TPSA) is 121 Å². The number of aryl methyl sites for hydroxylation is 1. The smallest absolute Gasteiger partial charge is 0.335 e. The number of nitro groups is 1. The molecule has 2 atom stereocenters. The third-order valence-corrected chi connectivity index (χ3v) is 2.31. The average molecular weight is 241 g/mol. The van der Waals surface area contributed by atoms with Crippen LogP contribution in [0.1, 0.15) is 17.2 Å². The van der Waals surface area contributed by atoms with E-state index in [-0.39, 0.29) is 16.8 Å². The Morgan fingerprint density at radius 2 is 2.00 bits per heavy atom. The number of benzene rings is 1. The Morgan fingerprint density at radius 1 is 1.41 bits per heavy atom. The lowest BCUT2D eigenvalue weighted by Gasteiger charge is -2.14. The average Bonchev–Trinajstić information content (AvgIpc) is 2.26. The molecule has 92 valence electrons. The van der Waals surface area contributed by atoms with Crippen LogP contribution >= 0.6 is 0 Å². The number of hydrogen-bond acceptors (Lipinski definition) is 5. The van der Waals surface area contributed by atoms with Gasteiger partial charge in [0.15, 0.2) is 6.10 Å². The van der Waals surface area contributed by atoms with Crippen molar-refractivity contribution < 1.29 is 25.0 Å². The summed E-state index contributed by atoms with van der Waals surface area (Å²) in [6.07, 6.45) is -3.58. The van der Waals surface area contributed by atoms with Gasteiger partial charge >= 0.3 is 5.97 Å². The number of rotatable bonds is 4. The predicted octanol–water partition coefficient (Wildman–Crippen LogP) is 0.382. The number of carboxylic acid groups (broad SMARTS) is 1. The van der Waals surface area contributed by atoms with Crippen LogP contribution in [0.15, 0.2) is 18.2 Å². The zero-order valence-corrected chi connectivity index (χ0v) is 8.90. The molecule has 0 amide bonds. The summed E-state index contributed by atoms with van der Waals surface area (Å²) in [5, 5.41) is 37.7. The van der Waals surface area contributed by atoms with Gasteiger partial charge in [-0.2, -0.15) is 0 Å². The highest BCUT2D eigenvalue weighted by Crippen LogP contribution is 2.24. The van der Waals surface area contributed by atoms with Crippen LogP contribution in [0.2, 0.25) is 0 Å². The van der Waals surface area contributed by atoms with Gasteiger partial charge in [-0.25, -0.2) is 4.79 Å². The molecule has 17 heavy (non-hydrogen) atoms. The maximum atomic E-state index is 10.5. The van der Waals surface area contributed by atoms with Gasteiger partial charge < -0.3 is 15.3 Å². The van der Waals surface area contributed by atoms with Crippen molar-refractivity contribution in [2.24, 2.45) is 0 Å². The molecule has 7 heteroatoms. The molecule has 2 unspecified atom stereocenters. The highest BCUT2D eigenvalue weighted by molar-refractivity contribution is 5.73. The van der Waals surface area contributed by atoms with E-state index in [4.69, 9.17) is 10.2 Å². The fourth-order valence-electron chi connectivity index (χ4n) is 1.38. The zero-order valence-electron chi connectivity index (χ0n) is 8.90. The number of nitro benzene ring substituents is 1. The minimum absolute atomic E-state index is 0.114. The molecular formula is C10H11NO6. The zero-order chi connectivity index (χ0) is 13.2. The monoisotopic (exact) mass is 241 g/mol. The molecule has 1 aromatic rings. The lowest BCUT2D eigenvalue weighted by molar-refractivity contribution is -0.385. The first-order chi connectivity index (χ1) is 7.84. The van der Waals surface area contributed by atoms with Crippen LogP contribution in [0.4, 0.5) is 5.69 Å². The summed E-state index contributed by atoms with van der Waals surface area (Å²) in [7, 11) is 0. The van der Waals surface area contributed by atoms with Gasteiger partial charge in [-0.3, -0.25) is 10.1 Å². The molecule has 0 aliphatic heterocycles. The molecular weight excluding hydrogens is 230 g/mol. The summed E-state index contributed by atoms with van der Waals surface area (Å²) >= 11 is 0. The van der Waals surface area contributed by atoms with E-state index < -0.39 is 23.1 Å². The second-order valence-electron chi connectivity index (χ2n) is 3.53. The van der Waals surface area contributed by atoms with E-state index in [1.807, 2.05) is 0 Å². The Labute approximate surface area is 96.1 Å². The Morgan fingerprint density at radius 3 is 2.41 bits per heavy atom. The Kier molecular flexibility index (Phi) is 3.77. The SMILES string of the molecule is Cc1cc(C(O)C(O)C(=O)O)ccc1[N+](=O)[O-]. The third kappa shape index (κ3) is 2.77. The first kappa shape index (κ1) is 13.1. The van der Waals surface area contributed by atoms with Gasteiger partial charge in [0.25, 0.3) is 5.69 Å². The largest absolute Gasteiger partial charge is 0.479 e. The molecule has 7 nitrogen and oxygen atoms in total. The number of aliphatic carboxylic acids is 1. The van der Waals surface area contributed by atoms with Crippen LogP contribution in [-0.4, -0.2) is 32.3 Å². The normalized spacial score (nSPS) is 14.1. The molecule has 0 heterocycles. The van der Waals surface area contributed by atoms with Gasteiger partial charge in [-0.1, -0.05) is 0 Å². The molecule has 0 aliphatic carbocycles. The molecule has 1 aromatic carbocycles. The lowest BCUT2D eigenvalue weighted by atomic mass is 10.0. The van der Waals surface area contributed by atoms with Crippen LogP contribution in [0.5, 0.6) is 0 Å². The van der Waals surface area contributed by atoms with Crippen LogP contribution < -0.4 is 0 Å². The van der Waals surface area contributed by atoms with Crippen molar-refractivity contribution in [2.45, 2.75) is 19.1 Å². The molecule has 0 fully saturated rings. The number of carbonyl (C=O) groups is 1. The van der Waals surface area contributed by atoms with Crippen molar-refractivity contribution in [3.05, 3.63) is 39.4 Å². The second-order valence-corrected chi connectivity index (χ2v) is 3.53. The van der Waals surface area contributed by atoms with Gasteiger partial charge in [0.1, 0.15) is 6.10 Å².